The number of aliphatic carboxylic acids is 1. The lowest BCUT2D eigenvalue weighted by atomic mass is 9.98. The minimum Gasteiger partial charge on any atom is -0.481 e. The lowest BCUT2D eigenvalue weighted by Gasteiger charge is -2.17. The number of carboxylic acids is 1. The number of alkyl carbamates (subject to hydrolysis) is 1. The van der Waals surface area contributed by atoms with Crippen molar-refractivity contribution in [2.45, 2.75) is 38.1 Å². The van der Waals surface area contributed by atoms with Crippen LogP contribution in [0, 0.1) is 11.8 Å². The van der Waals surface area contributed by atoms with Gasteiger partial charge in [-0.3, -0.25) is 9.59 Å². The molecular formula is C27H30N2O5. The fraction of sp³-hybridized carbons (Fsp3) is 0.370. The summed E-state index contributed by atoms with van der Waals surface area (Å²) in [5.41, 5.74) is 4.71. The highest BCUT2D eigenvalue weighted by molar-refractivity contribution is 5.80. The zero-order valence-electron chi connectivity index (χ0n) is 19.2. The standard InChI is InChI=1S/C27H30N2O5/c1-17(25(30)29-19-13-12-18(15-19)26(31)32)7-6-14-28-27(33)34-16-24-22-10-4-2-8-20(22)21-9-3-5-11-23(21)24/h2-5,8-13,17-19,24H,6-7,14-16H2,1H3,(H,28,33)(H,29,30)(H,31,32). The summed E-state index contributed by atoms with van der Waals surface area (Å²) in [4.78, 5) is 35.6. The van der Waals surface area contributed by atoms with Crippen molar-refractivity contribution in [1.29, 1.82) is 0 Å². The summed E-state index contributed by atoms with van der Waals surface area (Å²) in [5, 5.41) is 14.7. The lowest BCUT2D eigenvalue weighted by Crippen LogP contribution is -2.37. The van der Waals surface area contributed by atoms with Crippen molar-refractivity contribution in [3.05, 3.63) is 71.8 Å². The molecule has 2 aromatic rings. The van der Waals surface area contributed by atoms with E-state index in [9.17, 15) is 14.4 Å². The van der Waals surface area contributed by atoms with Gasteiger partial charge in [-0.05, 0) is 41.5 Å². The number of rotatable bonds is 9. The predicted molar refractivity (Wildman–Crippen MR) is 128 cm³/mol. The normalized spacial score (nSPS) is 19.2. The number of carbonyl (C=O) groups is 3. The molecule has 0 aromatic heterocycles. The largest absolute Gasteiger partial charge is 0.481 e. The molecule has 2 aromatic carbocycles. The summed E-state index contributed by atoms with van der Waals surface area (Å²) < 4.78 is 5.53. The van der Waals surface area contributed by atoms with E-state index in [-0.39, 0.29) is 30.4 Å². The highest BCUT2D eigenvalue weighted by atomic mass is 16.5. The van der Waals surface area contributed by atoms with Crippen LogP contribution >= 0.6 is 0 Å². The SMILES string of the molecule is CC(CCCNC(=O)OCC1c2ccccc2-c2ccccc21)C(=O)NC1C=CC(C(=O)O)C1. The van der Waals surface area contributed by atoms with E-state index in [0.717, 1.165) is 0 Å². The molecule has 7 nitrogen and oxygen atoms in total. The Balaban J connectivity index is 1.17. The van der Waals surface area contributed by atoms with Crippen LogP contribution in [0.4, 0.5) is 4.79 Å². The molecule has 2 amide bonds. The van der Waals surface area contributed by atoms with Crippen LogP contribution in [0.2, 0.25) is 0 Å². The van der Waals surface area contributed by atoms with E-state index >= 15 is 0 Å². The van der Waals surface area contributed by atoms with Gasteiger partial charge in [0.05, 0.1) is 5.92 Å². The minimum atomic E-state index is -0.875. The zero-order valence-corrected chi connectivity index (χ0v) is 19.2. The fourth-order valence-corrected chi connectivity index (χ4v) is 4.69. The van der Waals surface area contributed by atoms with Crippen molar-refractivity contribution in [3.63, 3.8) is 0 Å². The monoisotopic (exact) mass is 462 g/mol. The summed E-state index contributed by atoms with van der Waals surface area (Å²) in [6.07, 6.45) is 4.52. The molecule has 178 valence electrons. The molecule has 0 heterocycles. The number of amides is 2. The molecule has 0 saturated heterocycles. The summed E-state index contributed by atoms with van der Waals surface area (Å²) >= 11 is 0. The van der Waals surface area contributed by atoms with E-state index in [1.54, 1.807) is 12.2 Å². The number of carbonyl (C=O) groups excluding carboxylic acids is 2. The molecule has 4 rings (SSSR count). The molecule has 0 aliphatic heterocycles. The molecule has 7 heteroatoms. The first-order valence-corrected chi connectivity index (χ1v) is 11.7. The van der Waals surface area contributed by atoms with Gasteiger partial charge in [0.1, 0.15) is 6.61 Å². The number of hydrogen-bond donors (Lipinski definition) is 3. The van der Waals surface area contributed by atoms with Crippen LogP contribution < -0.4 is 10.6 Å². The number of hydrogen-bond acceptors (Lipinski definition) is 4. The van der Waals surface area contributed by atoms with Gasteiger partial charge in [-0.1, -0.05) is 67.6 Å². The highest BCUT2D eigenvalue weighted by Crippen LogP contribution is 2.44. The second-order valence-corrected chi connectivity index (χ2v) is 8.98. The fourth-order valence-electron chi connectivity index (χ4n) is 4.69. The van der Waals surface area contributed by atoms with Gasteiger partial charge in [0, 0.05) is 24.4 Å². The van der Waals surface area contributed by atoms with Crippen LogP contribution in [0.5, 0.6) is 0 Å². The van der Waals surface area contributed by atoms with Crippen LogP contribution in [0.25, 0.3) is 11.1 Å². The average molecular weight is 463 g/mol. The first-order chi connectivity index (χ1) is 16.4. The van der Waals surface area contributed by atoms with Gasteiger partial charge in [-0.2, -0.15) is 0 Å². The maximum atomic E-state index is 12.3. The smallest absolute Gasteiger partial charge is 0.407 e. The molecule has 0 fully saturated rings. The molecule has 2 aliphatic carbocycles. The number of ether oxygens (including phenoxy) is 1. The molecule has 3 unspecified atom stereocenters. The lowest BCUT2D eigenvalue weighted by molar-refractivity contribution is -0.140. The molecule has 2 aliphatic rings. The van der Waals surface area contributed by atoms with Crippen LogP contribution in [-0.4, -0.2) is 42.3 Å². The van der Waals surface area contributed by atoms with Crippen LogP contribution in [-0.2, 0) is 14.3 Å². The molecule has 0 spiro atoms. The highest BCUT2D eigenvalue weighted by Gasteiger charge is 2.29. The molecule has 0 radical (unpaired) electrons. The van der Waals surface area contributed by atoms with Crippen molar-refractivity contribution in [2.24, 2.45) is 11.8 Å². The minimum absolute atomic E-state index is 0.0206. The van der Waals surface area contributed by atoms with Gasteiger partial charge in [0.2, 0.25) is 5.91 Å². The van der Waals surface area contributed by atoms with Crippen molar-refractivity contribution in [3.8, 4) is 11.1 Å². The number of fused-ring (bicyclic) bond motifs is 3. The van der Waals surface area contributed by atoms with Gasteiger partial charge >= 0.3 is 12.1 Å². The Labute approximate surface area is 199 Å². The predicted octanol–water partition coefficient (Wildman–Crippen LogP) is 4.09. The van der Waals surface area contributed by atoms with Crippen molar-refractivity contribution >= 4 is 18.0 Å². The van der Waals surface area contributed by atoms with E-state index in [4.69, 9.17) is 9.84 Å². The van der Waals surface area contributed by atoms with Gasteiger partial charge in [-0.25, -0.2) is 4.79 Å². The average Bonchev–Trinajstić information content (AvgIpc) is 3.43. The summed E-state index contributed by atoms with van der Waals surface area (Å²) in [6.45, 7) is 2.51. The maximum Gasteiger partial charge on any atom is 0.407 e. The van der Waals surface area contributed by atoms with E-state index in [1.165, 1.54) is 22.3 Å². The van der Waals surface area contributed by atoms with Crippen LogP contribution in [0.1, 0.15) is 43.2 Å². The quantitative estimate of drug-likeness (QED) is 0.385. The van der Waals surface area contributed by atoms with Gasteiger partial charge in [0.15, 0.2) is 0 Å². The second-order valence-electron chi connectivity index (χ2n) is 8.98. The number of carboxylic acid groups (broad SMARTS) is 1. The third-order valence-corrected chi connectivity index (χ3v) is 6.60. The third-order valence-electron chi connectivity index (χ3n) is 6.60. The molecule has 3 atom stereocenters. The summed E-state index contributed by atoms with van der Waals surface area (Å²) in [7, 11) is 0. The first kappa shape index (κ1) is 23.5. The Kier molecular flexibility index (Phi) is 7.30. The zero-order chi connectivity index (χ0) is 24.1. The van der Waals surface area contributed by atoms with Crippen molar-refractivity contribution < 1.29 is 24.2 Å². The Hall–Kier alpha value is -3.61. The van der Waals surface area contributed by atoms with Gasteiger partial charge in [0.25, 0.3) is 0 Å². The second kappa shape index (κ2) is 10.5. The molecule has 34 heavy (non-hydrogen) atoms. The topological polar surface area (TPSA) is 105 Å². The third kappa shape index (κ3) is 5.30. The van der Waals surface area contributed by atoms with Crippen LogP contribution in [0.3, 0.4) is 0 Å². The molecule has 0 saturated carbocycles. The first-order valence-electron chi connectivity index (χ1n) is 11.7. The van der Waals surface area contributed by atoms with E-state index in [2.05, 4.69) is 34.9 Å². The molecule has 0 bridgehead atoms. The van der Waals surface area contributed by atoms with E-state index in [1.807, 2.05) is 31.2 Å². The summed E-state index contributed by atoms with van der Waals surface area (Å²) in [6, 6.07) is 16.2. The molecule has 3 N–H and O–H groups in total. The Bertz CT molecular complexity index is 1050. The maximum absolute atomic E-state index is 12.3. The van der Waals surface area contributed by atoms with Gasteiger partial charge in [-0.15, -0.1) is 0 Å². The number of nitrogens with one attached hydrogen (secondary N) is 2. The van der Waals surface area contributed by atoms with Crippen LogP contribution in [0.15, 0.2) is 60.7 Å². The number of benzene rings is 2. The summed E-state index contributed by atoms with van der Waals surface area (Å²) in [5.74, 6) is -1.74. The Morgan fingerprint density at radius 2 is 1.68 bits per heavy atom. The Morgan fingerprint density at radius 1 is 1.03 bits per heavy atom. The van der Waals surface area contributed by atoms with E-state index in [0.29, 0.717) is 25.8 Å². The van der Waals surface area contributed by atoms with Crippen molar-refractivity contribution in [2.75, 3.05) is 13.2 Å². The molecular weight excluding hydrogens is 432 g/mol. The van der Waals surface area contributed by atoms with Crippen molar-refractivity contribution in [1.82, 2.24) is 10.6 Å². The van der Waals surface area contributed by atoms with E-state index < -0.39 is 18.0 Å². The van der Waals surface area contributed by atoms with Gasteiger partial charge < -0.3 is 20.5 Å². The Morgan fingerprint density at radius 3 is 2.29 bits per heavy atom.